The van der Waals surface area contributed by atoms with Gasteiger partial charge >= 0.3 is 5.97 Å². The van der Waals surface area contributed by atoms with E-state index < -0.39 is 21.8 Å². The van der Waals surface area contributed by atoms with E-state index in [1.165, 1.54) is 31.3 Å². The van der Waals surface area contributed by atoms with Gasteiger partial charge in [-0.05, 0) is 18.2 Å². The number of carboxylic acid groups (broad SMARTS) is 1. The first-order chi connectivity index (χ1) is 9.84. The van der Waals surface area contributed by atoms with Gasteiger partial charge in [-0.2, -0.15) is 0 Å². The number of carbonyl (C=O) groups is 1. The van der Waals surface area contributed by atoms with Gasteiger partial charge < -0.3 is 5.11 Å². The molecule has 0 bridgehead atoms. The van der Waals surface area contributed by atoms with Gasteiger partial charge in [0.25, 0.3) is 10.0 Å². The highest BCUT2D eigenvalue weighted by atomic mass is 32.2. The molecule has 0 aliphatic rings. The molecule has 0 aliphatic carbocycles. The number of benzene rings is 1. The zero-order valence-electron chi connectivity index (χ0n) is 10.9. The predicted octanol–water partition coefficient (Wildman–Crippen LogP) is 1.74. The van der Waals surface area contributed by atoms with Crippen LogP contribution in [-0.4, -0.2) is 31.5 Å². The van der Waals surface area contributed by atoms with Crippen molar-refractivity contribution in [2.75, 3.05) is 11.4 Å². The van der Waals surface area contributed by atoms with Gasteiger partial charge in [0, 0.05) is 13.2 Å². The quantitative estimate of drug-likeness (QED) is 0.929. The lowest BCUT2D eigenvalue weighted by Crippen LogP contribution is -2.28. The highest BCUT2D eigenvalue weighted by molar-refractivity contribution is 7.92. The average molecular weight is 310 g/mol. The molecule has 1 aromatic carbocycles. The third-order valence-electron chi connectivity index (χ3n) is 2.81. The second-order valence-electron chi connectivity index (χ2n) is 4.13. The van der Waals surface area contributed by atoms with Gasteiger partial charge in [-0.1, -0.05) is 12.1 Å². The molecule has 110 valence electrons. The van der Waals surface area contributed by atoms with E-state index in [-0.39, 0.29) is 16.1 Å². The van der Waals surface area contributed by atoms with Crippen molar-refractivity contribution in [1.82, 2.24) is 4.98 Å². The summed E-state index contributed by atoms with van der Waals surface area (Å²) in [5.41, 5.74) is -0.192. The Kier molecular flexibility index (Phi) is 3.90. The van der Waals surface area contributed by atoms with E-state index in [0.29, 0.717) is 0 Å². The number of hydrogen-bond donors (Lipinski definition) is 1. The van der Waals surface area contributed by atoms with E-state index in [0.717, 1.165) is 22.8 Å². The van der Waals surface area contributed by atoms with Gasteiger partial charge in [-0.25, -0.2) is 17.6 Å². The number of sulfonamides is 1. The van der Waals surface area contributed by atoms with E-state index in [1.54, 1.807) is 0 Å². The first-order valence-electron chi connectivity index (χ1n) is 5.76. The van der Waals surface area contributed by atoms with Crippen LogP contribution in [0.15, 0.2) is 47.6 Å². The Labute approximate surface area is 120 Å². The van der Waals surface area contributed by atoms with Crippen LogP contribution in [0.25, 0.3) is 0 Å². The summed E-state index contributed by atoms with van der Waals surface area (Å²) in [6.45, 7) is 0. The largest absolute Gasteiger partial charge is 0.478 e. The van der Waals surface area contributed by atoms with Gasteiger partial charge in [-0.15, -0.1) is 0 Å². The van der Waals surface area contributed by atoms with Crippen molar-refractivity contribution >= 4 is 21.7 Å². The van der Waals surface area contributed by atoms with Gasteiger partial charge in [0.2, 0.25) is 0 Å². The van der Waals surface area contributed by atoms with Crippen LogP contribution in [0.5, 0.6) is 0 Å². The fraction of sp³-hybridized carbons (Fsp3) is 0.0769. The van der Waals surface area contributed by atoms with Crippen molar-refractivity contribution in [3.63, 3.8) is 0 Å². The normalized spacial score (nSPS) is 11.1. The highest BCUT2D eigenvalue weighted by Crippen LogP contribution is 2.25. The monoisotopic (exact) mass is 310 g/mol. The molecule has 0 atom stereocenters. The molecule has 1 N–H and O–H groups in total. The van der Waals surface area contributed by atoms with Crippen LogP contribution in [0.1, 0.15) is 10.4 Å². The second kappa shape index (κ2) is 5.49. The fourth-order valence-corrected chi connectivity index (χ4v) is 2.94. The number of halogens is 1. The van der Waals surface area contributed by atoms with Crippen molar-refractivity contribution in [3.05, 3.63) is 54.1 Å². The third kappa shape index (κ3) is 2.84. The number of pyridine rings is 1. The zero-order chi connectivity index (χ0) is 15.6. The molecular formula is C13H11FN2O4S. The van der Waals surface area contributed by atoms with Crippen molar-refractivity contribution in [1.29, 1.82) is 0 Å². The molecule has 0 saturated carbocycles. The maximum atomic E-state index is 13.1. The highest BCUT2D eigenvalue weighted by Gasteiger charge is 2.25. The maximum Gasteiger partial charge on any atom is 0.337 e. The fourth-order valence-electron chi connectivity index (χ4n) is 1.75. The molecule has 1 heterocycles. The molecule has 0 aliphatic heterocycles. The minimum Gasteiger partial charge on any atom is -0.478 e. The Balaban J connectivity index is 2.54. The lowest BCUT2D eigenvalue weighted by Gasteiger charge is -2.20. The molecule has 0 fully saturated rings. The predicted molar refractivity (Wildman–Crippen MR) is 73.2 cm³/mol. The molecule has 6 nitrogen and oxygen atoms in total. The summed E-state index contributed by atoms with van der Waals surface area (Å²) in [6, 6.07) is 6.46. The van der Waals surface area contributed by atoms with E-state index >= 15 is 0 Å². The first kappa shape index (κ1) is 14.9. The van der Waals surface area contributed by atoms with Crippen LogP contribution in [0.3, 0.4) is 0 Å². The Hall–Kier alpha value is -2.48. The lowest BCUT2D eigenvalue weighted by atomic mass is 10.2. The Morgan fingerprint density at radius 1 is 1.29 bits per heavy atom. The van der Waals surface area contributed by atoms with Crippen molar-refractivity contribution < 1.29 is 22.7 Å². The summed E-state index contributed by atoms with van der Waals surface area (Å²) >= 11 is 0. The SMILES string of the molecule is CN(c1ccccc1C(=O)O)S(=O)(=O)c1cncc(F)c1. The summed E-state index contributed by atoms with van der Waals surface area (Å²) < 4.78 is 38.7. The van der Waals surface area contributed by atoms with Crippen LogP contribution in [0, 0.1) is 5.82 Å². The van der Waals surface area contributed by atoms with Gasteiger partial charge in [0.05, 0.1) is 17.4 Å². The second-order valence-corrected chi connectivity index (χ2v) is 6.10. The summed E-state index contributed by atoms with van der Waals surface area (Å²) in [6.07, 6.45) is 1.88. The molecule has 0 unspecified atom stereocenters. The summed E-state index contributed by atoms with van der Waals surface area (Å²) in [5.74, 6) is -2.05. The molecule has 2 rings (SSSR count). The van der Waals surface area contributed by atoms with Crippen molar-refractivity contribution in [3.8, 4) is 0 Å². The molecule has 8 heteroatoms. The number of carboxylic acids is 1. The number of aromatic nitrogens is 1. The third-order valence-corrected chi connectivity index (χ3v) is 4.55. The molecule has 0 amide bonds. The molecule has 21 heavy (non-hydrogen) atoms. The van der Waals surface area contributed by atoms with Gasteiger partial charge in [0.1, 0.15) is 10.7 Å². The van der Waals surface area contributed by atoms with Crippen LogP contribution in [-0.2, 0) is 10.0 Å². The van der Waals surface area contributed by atoms with Crippen molar-refractivity contribution in [2.24, 2.45) is 0 Å². The lowest BCUT2D eigenvalue weighted by molar-refractivity contribution is 0.0698. The average Bonchev–Trinajstić information content (AvgIpc) is 2.46. The molecule has 0 saturated heterocycles. The van der Waals surface area contributed by atoms with Crippen LogP contribution in [0.2, 0.25) is 0 Å². The Bertz CT molecular complexity index is 792. The van der Waals surface area contributed by atoms with Crippen LogP contribution in [0.4, 0.5) is 10.1 Å². The molecule has 2 aromatic rings. The number of aromatic carboxylic acids is 1. The molecule has 0 radical (unpaired) electrons. The standard InChI is InChI=1S/C13H11FN2O4S/c1-16(12-5-3-2-4-11(12)13(17)18)21(19,20)10-6-9(14)7-15-8-10/h2-8H,1H3,(H,17,18). The smallest absolute Gasteiger partial charge is 0.337 e. The summed E-state index contributed by atoms with van der Waals surface area (Å²) in [4.78, 5) is 14.3. The number of rotatable bonds is 4. The van der Waals surface area contributed by atoms with Gasteiger partial charge in [0.15, 0.2) is 0 Å². The molecular weight excluding hydrogens is 299 g/mol. The van der Waals surface area contributed by atoms with E-state index in [9.17, 15) is 17.6 Å². The van der Waals surface area contributed by atoms with Crippen molar-refractivity contribution in [2.45, 2.75) is 4.90 Å². The number of hydrogen-bond acceptors (Lipinski definition) is 4. The molecule has 0 spiro atoms. The van der Waals surface area contributed by atoms with E-state index in [4.69, 9.17) is 5.11 Å². The number of anilines is 1. The summed E-state index contributed by atoms with van der Waals surface area (Å²) in [7, 11) is -2.91. The van der Waals surface area contributed by atoms with Gasteiger partial charge in [-0.3, -0.25) is 9.29 Å². The van der Waals surface area contributed by atoms with E-state index in [2.05, 4.69) is 4.98 Å². The minimum absolute atomic E-state index is 0.0192. The Morgan fingerprint density at radius 3 is 2.57 bits per heavy atom. The number of para-hydroxylation sites is 1. The van der Waals surface area contributed by atoms with Crippen LogP contribution < -0.4 is 4.31 Å². The maximum absolute atomic E-state index is 13.1. The first-order valence-corrected chi connectivity index (χ1v) is 7.20. The van der Waals surface area contributed by atoms with Crippen LogP contribution >= 0.6 is 0 Å². The topological polar surface area (TPSA) is 87.6 Å². The van der Waals surface area contributed by atoms with E-state index in [1.807, 2.05) is 0 Å². The molecule has 1 aromatic heterocycles. The zero-order valence-corrected chi connectivity index (χ0v) is 11.7. The number of nitrogens with zero attached hydrogens (tertiary/aromatic N) is 2. The Morgan fingerprint density at radius 2 is 1.95 bits per heavy atom. The summed E-state index contributed by atoms with van der Waals surface area (Å²) in [5, 5.41) is 9.10. The minimum atomic E-state index is -4.10.